The van der Waals surface area contributed by atoms with E-state index in [-0.39, 0.29) is 5.57 Å². The fourth-order valence-electron chi connectivity index (χ4n) is 4.00. The molecular formula is C12H24N8O. The van der Waals surface area contributed by atoms with E-state index >= 15 is 0 Å². The lowest BCUT2D eigenvalue weighted by atomic mass is 9.62. The van der Waals surface area contributed by atoms with Gasteiger partial charge in [-0.2, -0.15) is 0 Å². The molecule has 2 unspecified atom stereocenters. The summed E-state index contributed by atoms with van der Waals surface area (Å²) < 4.78 is 0. The molecule has 3 atom stereocenters. The van der Waals surface area contributed by atoms with Gasteiger partial charge in [-0.3, -0.25) is 4.79 Å². The quantitative estimate of drug-likeness (QED) is 0.201. The van der Waals surface area contributed by atoms with Crippen LogP contribution in [0.4, 0.5) is 0 Å². The fraction of sp³-hybridized carbons (Fsp3) is 0.750. The minimum absolute atomic E-state index is 0.284. The van der Waals surface area contributed by atoms with Crippen molar-refractivity contribution in [1.82, 2.24) is 0 Å². The Balaban J connectivity index is 2.39. The number of carbonyl (C=O) groups is 1. The van der Waals surface area contributed by atoms with Gasteiger partial charge < -0.3 is 45.9 Å². The molecule has 16 N–H and O–H groups in total. The molecule has 0 amide bonds. The maximum absolute atomic E-state index is 13.0. The first kappa shape index (κ1) is 14.9. The Morgan fingerprint density at radius 2 is 1.52 bits per heavy atom. The van der Waals surface area contributed by atoms with Crippen LogP contribution >= 0.6 is 0 Å². The van der Waals surface area contributed by atoms with Crippen LogP contribution in [0.25, 0.3) is 0 Å². The van der Waals surface area contributed by atoms with Gasteiger partial charge in [0.05, 0.1) is 11.6 Å². The topological polar surface area (TPSA) is 225 Å². The SMILES string of the molecule is C[C@]1(N)C2(N)C(=O)C(N)(N)C3(CC3)C(N)=C2C(N)C1(N)N. The number of carbonyl (C=O) groups excluding carboxylic acids is 1. The molecule has 0 aromatic heterocycles. The summed E-state index contributed by atoms with van der Waals surface area (Å²) in [5.41, 5.74) is 42.5. The summed E-state index contributed by atoms with van der Waals surface area (Å²) in [5.74, 6) is -0.616. The Labute approximate surface area is 122 Å². The number of rotatable bonds is 0. The van der Waals surface area contributed by atoms with E-state index in [0.29, 0.717) is 18.5 Å². The summed E-state index contributed by atoms with van der Waals surface area (Å²) in [6.45, 7) is 1.48. The van der Waals surface area contributed by atoms with Crippen LogP contribution in [0.3, 0.4) is 0 Å². The van der Waals surface area contributed by atoms with Crippen LogP contribution in [-0.4, -0.2) is 34.2 Å². The average Bonchev–Trinajstić information content (AvgIpc) is 3.14. The molecule has 3 aliphatic carbocycles. The molecule has 0 bridgehead atoms. The van der Waals surface area contributed by atoms with Gasteiger partial charge in [0.15, 0.2) is 5.78 Å². The molecule has 1 spiro atoms. The standard InChI is InChI=1S/C12H24N8O/c1-8(15)10(16)4(6(14)11(8,17)18)5(13)9(2-3-9)12(19,20)7(10)21/h6H,2-3,13-20H2,1H3/t6?,8-,10?/m0/s1. The van der Waals surface area contributed by atoms with Crippen molar-refractivity contribution in [3.63, 3.8) is 0 Å². The first-order valence-corrected chi connectivity index (χ1v) is 6.84. The van der Waals surface area contributed by atoms with E-state index in [0.717, 1.165) is 0 Å². The van der Waals surface area contributed by atoms with Crippen LogP contribution in [0, 0.1) is 5.41 Å². The van der Waals surface area contributed by atoms with Crippen molar-refractivity contribution in [1.29, 1.82) is 0 Å². The van der Waals surface area contributed by atoms with Gasteiger partial charge in [-0.1, -0.05) is 0 Å². The van der Waals surface area contributed by atoms with Gasteiger partial charge in [-0.05, 0) is 25.3 Å². The molecule has 9 heteroatoms. The van der Waals surface area contributed by atoms with Crippen LogP contribution in [-0.2, 0) is 4.79 Å². The molecule has 0 radical (unpaired) electrons. The third-order valence-electron chi connectivity index (χ3n) is 6.05. The maximum Gasteiger partial charge on any atom is 0.194 e. The minimum Gasteiger partial charge on any atom is -0.401 e. The van der Waals surface area contributed by atoms with Crippen molar-refractivity contribution in [3.8, 4) is 0 Å². The van der Waals surface area contributed by atoms with E-state index in [4.69, 9.17) is 45.9 Å². The van der Waals surface area contributed by atoms with Crippen LogP contribution in [0.5, 0.6) is 0 Å². The lowest BCUT2D eigenvalue weighted by Crippen LogP contribution is -2.85. The molecular weight excluding hydrogens is 272 g/mol. The highest BCUT2D eigenvalue weighted by Crippen LogP contribution is 2.63. The van der Waals surface area contributed by atoms with Crippen molar-refractivity contribution < 1.29 is 4.79 Å². The lowest BCUT2D eigenvalue weighted by molar-refractivity contribution is -0.133. The van der Waals surface area contributed by atoms with Crippen LogP contribution in [0.15, 0.2) is 11.3 Å². The number of nitrogens with two attached hydrogens (primary N) is 8. The molecule has 3 aliphatic rings. The molecule has 3 rings (SSSR count). The summed E-state index contributed by atoms with van der Waals surface area (Å²) in [5, 5.41) is 0. The van der Waals surface area contributed by atoms with Gasteiger partial charge in [0.1, 0.15) is 16.9 Å². The molecule has 2 fully saturated rings. The molecule has 9 nitrogen and oxygen atoms in total. The molecule has 2 saturated carbocycles. The first-order valence-electron chi connectivity index (χ1n) is 6.84. The second-order valence-electron chi connectivity index (χ2n) is 7.03. The second kappa shape index (κ2) is 3.30. The number of fused-ring (bicyclic) bond motifs is 1. The molecule has 0 aromatic rings. The smallest absolute Gasteiger partial charge is 0.194 e. The van der Waals surface area contributed by atoms with Crippen molar-refractivity contribution >= 4 is 5.78 Å². The predicted molar refractivity (Wildman–Crippen MR) is 77.6 cm³/mol. The highest BCUT2D eigenvalue weighted by molar-refractivity contribution is 6.05. The van der Waals surface area contributed by atoms with E-state index in [1.165, 1.54) is 6.92 Å². The van der Waals surface area contributed by atoms with E-state index in [2.05, 4.69) is 0 Å². The number of ketones is 1. The van der Waals surface area contributed by atoms with Gasteiger partial charge in [0.2, 0.25) is 0 Å². The highest BCUT2D eigenvalue weighted by Gasteiger charge is 2.78. The summed E-state index contributed by atoms with van der Waals surface area (Å²) in [6.07, 6.45) is 1.18. The van der Waals surface area contributed by atoms with E-state index in [1.807, 2.05) is 0 Å². The predicted octanol–water partition coefficient (Wildman–Crippen LogP) is -4.45. The third-order valence-corrected chi connectivity index (χ3v) is 6.05. The highest BCUT2D eigenvalue weighted by atomic mass is 16.1. The molecule has 21 heavy (non-hydrogen) atoms. The molecule has 0 aromatic carbocycles. The Hall–Kier alpha value is -1.07. The summed E-state index contributed by atoms with van der Waals surface area (Å²) in [6, 6.07) is -0.949. The Bertz CT molecular complexity index is 588. The average molecular weight is 296 g/mol. The minimum atomic E-state index is -1.78. The van der Waals surface area contributed by atoms with Gasteiger partial charge in [0.25, 0.3) is 0 Å². The summed E-state index contributed by atoms with van der Waals surface area (Å²) in [4.78, 5) is 13.0. The summed E-state index contributed by atoms with van der Waals surface area (Å²) in [7, 11) is 0. The van der Waals surface area contributed by atoms with Crippen molar-refractivity contribution in [3.05, 3.63) is 11.3 Å². The molecule has 0 aliphatic heterocycles. The van der Waals surface area contributed by atoms with Gasteiger partial charge >= 0.3 is 0 Å². The molecule has 0 heterocycles. The fourth-order valence-corrected chi connectivity index (χ4v) is 4.00. The Kier molecular flexibility index (Phi) is 2.34. The van der Waals surface area contributed by atoms with Crippen LogP contribution in [0.1, 0.15) is 19.8 Å². The van der Waals surface area contributed by atoms with Crippen LogP contribution in [0.2, 0.25) is 0 Å². The second-order valence-corrected chi connectivity index (χ2v) is 7.03. The van der Waals surface area contributed by atoms with Gasteiger partial charge in [-0.25, -0.2) is 0 Å². The zero-order chi connectivity index (χ0) is 16.2. The van der Waals surface area contributed by atoms with Crippen LogP contribution < -0.4 is 45.9 Å². The van der Waals surface area contributed by atoms with Crippen molar-refractivity contribution in [2.45, 2.75) is 48.2 Å². The van der Waals surface area contributed by atoms with Crippen molar-refractivity contribution in [2.75, 3.05) is 0 Å². The van der Waals surface area contributed by atoms with Crippen molar-refractivity contribution in [2.24, 2.45) is 51.3 Å². The number of hydrogen-bond acceptors (Lipinski definition) is 9. The van der Waals surface area contributed by atoms with Gasteiger partial charge in [0, 0.05) is 11.1 Å². The zero-order valence-corrected chi connectivity index (χ0v) is 12.0. The lowest BCUT2D eigenvalue weighted by Gasteiger charge is -2.50. The number of Topliss-reactive ketones (excluding diaryl/α,β-unsaturated/α-hetero) is 1. The maximum atomic E-state index is 13.0. The first-order chi connectivity index (χ1) is 9.30. The van der Waals surface area contributed by atoms with E-state index in [9.17, 15) is 4.79 Å². The molecule has 0 saturated heterocycles. The number of hydrogen-bond donors (Lipinski definition) is 8. The largest absolute Gasteiger partial charge is 0.401 e. The third kappa shape index (κ3) is 1.14. The normalized spacial score (nSPS) is 45.9. The van der Waals surface area contributed by atoms with E-state index in [1.54, 1.807) is 0 Å². The molecule has 118 valence electrons. The van der Waals surface area contributed by atoms with Gasteiger partial charge in [-0.15, -0.1) is 0 Å². The summed E-state index contributed by atoms with van der Waals surface area (Å²) >= 11 is 0. The Morgan fingerprint density at radius 3 is 1.95 bits per heavy atom. The zero-order valence-electron chi connectivity index (χ0n) is 12.0. The van der Waals surface area contributed by atoms with E-state index < -0.39 is 39.6 Å². The Morgan fingerprint density at radius 1 is 1.05 bits per heavy atom. The monoisotopic (exact) mass is 296 g/mol.